The highest BCUT2D eigenvalue weighted by Gasteiger charge is 2.69. The van der Waals surface area contributed by atoms with E-state index >= 15 is 0 Å². The van der Waals surface area contributed by atoms with Gasteiger partial charge in [-0.15, -0.1) is 0 Å². The van der Waals surface area contributed by atoms with Crippen LogP contribution in [0.5, 0.6) is 0 Å². The van der Waals surface area contributed by atoms with Gasteiger partial charge in [-0.3, -0.25) is 0 Å². The highest BCUT2D eigenvalue weighted by molar-refractivity contribution is 5.99. The van der Waals surface area contributed by atoms with Crippen molar-refractivity contribution in [1.82, 2.24) is 4.90 Å². The zero-order chi connectivity index (χ0) is 20.3. The molecule has 0 aromatic rings. The van der Waals surface area contributed by atoms with Crippen molar-refractivity contribution >= 4 is 18.2 Å². The number of ether oxygens (including phenoxy) is 3. The smallest absolute Gasteiger partial charge is 0.420 e. The van der Waals surface area contributed by atoms with Gasteiger partial charge in [0.25, 0.3) is 0 Å². The van der Waals surface area contributed by atoms with Gasteiger partial charge in [-0.05, 0) is 67.2 Å². The molecular weight excluding hydrogens is 342 g/mol. The Labute approximate surface area is 154 Å². The summed E-state index contributed by atoms with van der Waals surface area (Å²) >= 11 is 0. The third-order valence-corrected chi connectivity index (χ3v) is 3.73. The Morgan fingerprint density at radius 1 is 1.04 bits per heavy atom. The Bertz CT molecular complexity index is 519. The number of aliphatic hydroxyl groups excluding tert-OH is 1. The van der Waals surface area contributed by atoms with Gasteiger partial charge in [0, 0.05) is 6.61 Å². The first-order valence-electron chi connectivity index (χ1n) is 8.82. The molecule has 8 nitrogen and oxygen atoms in total. The van der Waals surface area contributed by atoms with Crippen LogP contribution < -0.4 is 0 Å². The number of nitrogens with zero attached hydrogens (tertiary/aromatic N) is 1. The molecule has 2 amide bonds. The Kier molecular flexibility index (Phi) is 6.68. The van der Waals surface area contributed by atoms with E-state index < -0.39 is 40.8 Å². The third kappa shape index (κ3) is 5.33. The number of rotatable bonds is 5. The standard InChI is InChI=1S/C18H31NO7/c1-8-24-13(21)18(11-12(18)9-10-20)19(14(22)25-16(2,3)4)15(23)26-17(5,6)7/h12,20H,8-11H2,1-7H3/t12?,18-/m1/s1. The maximum absolute atomic E-state index is 12.8. The molecule has 150 valence electrons. The number of esters is 1. The molecule has 1 unspecified atom stereocenters. The van der Waals surface area contributed by atoms with Gasteiger partial charge in [-0.1, -0.05) is 0 Å². The van der Waals surface area contributed by atoms with Crippen LogP contribution in [0.4, 0.5) is 9.59 Å². The number of imide groups is 1. The summed E-state index contributed by atoms with van der Waals surface area (Å²) in [6.45, 7) is 11.5. The summed E-state index contributed by atoms with van der Waals surface area (Å²) in [6.07, 6.45) is -1.49. The van der Waals surface area contributed by atoms with Crippen molar-refractivity contribution < 1.29 is 33.7 Å². The van der Waals surface area contributed by atoms with Crippen LogP contribution in [0, 0.1) is 5.92 Å². The molecule has 1 aliphatic rings. The lowest BCUT2D eigenvalue weighted by Crippen LogP contribution is -2.55. The average Bonchev–Trinajstić information content (AvgIpc) is 3.10. The fourth-order valence-electron chi connectivity index (χ4n) is 2.70. The van der Waals surface area contributed by atoms with Crippen molar-refractivity contribution in [2.24, 2.45) is 5.92 Å². The van der Waals surface area contributed by atoms with Crippen LogP contribution in [0.25, 0.3) is 0 Å². The van der Waals surface area contributed by atoms with Crippen LogP contribution in [-0.4, -0.2) is 58.1 Å². The number of carbonyl (C=O) groups excluding carboxylic acids is 3. The van der Waals surface area contributed by atoms with Crippen LogP contribution in [-0.2, 0) is 19.0 Å². The molecule has 26 heavy (non-hydrogen) atoms. The predicted octanol–water partition coefficient (Wildman–Crippen LogP) is 2.86. The quantitative estimate of drug-likeness (QED) is 0.584. The second-order valence-electron chi connectivity index (χ2n) is 8.35. The molecule has 1 rings (SSSR count). The summed E-state index contributed by atoms with van der Waals surface area (Å²) in [5, 5.41) is 9.25. The largest absolute Gasteiger partial charge is 0.464 e. The van der Waals surface area contributed by atoms with Gasteiger partial charge in [0.1, 0.15) is 11.2 Å². The van der Waals surface area contributed by atoms with Crippen LogP contribution in [0.15, 0.2) is 0 Å². The van der Waals surface area contributed by atoms with Gasteiger partial charge in [0.05, 0.1) is 6.61 Å². The highest BCUT2D eigenvalue weighted by atomic mass is 16.6. The molecule has 1 aliphatic carbocycles. The average molecular weight is 373 g/mol. The number of aliphatic hydroxyl groups is 1. The Hall–Kier alpha value is -1.83. The van der Waals surface area contributed by atoms with Crippen LogP contribution >= 0.6 is 0 Å². The van der Waals surface area contributed by atoms with E-state index in [2.05, 4.69) is 0 Å². The summed E-state index contributed by atoms with van der Waals surface area (Å²) in [5.41, 5.74) is -3.24. The minimum Gasteiger partial charge on any atom is -0.464 e. The van der Waals surface area contributed by atoms with Gasteiger partial charge in [0.15, 0.2) is 5.54 Å². The summed E-state index contributed by atoms with van der Waals surface area (Å²) in [7, 11) is 0. The van der Waals surface area contributed by atoms with Crippen LogP contribution in [0.2, 0.25) is 0 Å². The van der Waals surface area contributed by atoms with Crippen molar-refractivity contribution in [3.63, 3.8) is 0 Å². The molecule has 0 bridgehead atoms. The van der Waals surface area contributed by atoms with Gasteiger partial charge in [-0.25, -0.2) is 14.4 Å². The van der Waals surface area contributed by atoms with E-state index in [1.165, 1.54) is 0 Å². The molecule has 0 heterocycles. The fourth-order valence-corrected chi connectivity index (χ4v) is 2.70. The SMILES string of the molecule is CCOC(=O)[C@@]1(N(C(=O)OC(C)(C)C)C(=O)OC(C)(C)C)CC1CCO. The highest BCUT2D eigenvalue weighted by Crippen LogP contribution is 2.52. The molecule has 0 saturated heterocycles. The van der Waals surface area contributed by atoms with E-state index in [1.807, 2.05) is 0 Å². The zero-order valence-corrected chi connectivity index (χ0v) is 16.7. The van der Waals surface area contributed by atoms with Gasteiger partial charge < -0.3 is 19.3 Å². The second kappa shape index (κ2) is 7.82. The van der Waals surface area contributed by atoms with Crippen molar-refractivity contribution in [1.29, 1.82) is 0 Å². The van der Waals surface area contributed by atoms with Crippen LogP contribution in [0.1, 0.15) is 61.3 Å². The van der Waals surface area contributed by atoms with Crippen molar-refractivity contribution in [2.45, 2.75) is 78.0 Å². The number of carbonyl (C=O) groups is 3. The zero-order valence-electron chi connectivity index (χ0n) is 16.7. The molecule has 0 spiro atoms. The first-order valence-corrected chi connectivity index (χ1v) is 8.82. The molecule has 1 N–H and O–H groups in total. The molecule has 1 saturated carbocycles. The van der Waals surface area contributed by atoms with Gasteiger partial charge in [-0.2, -0.15) is 4.90 Å². The molecule has 1 fully saturated rings. The van der Waals surface area contributed by atoms with Gasteiger partial charge in [0.2, 0.25) is 0 Å². The first kappa shape index (κ1) is 22.2. The number of hydrogen-bond acceptors (Lipinski definition) is 7. The van der Waals surface area contributed by atoms with Gasteiger partial charge >= 0.3 is 18.2 Å². The van der Waals surface area contributed by atoms with E-state index in [1.54, 1.807) is 48.5 Å². The molecule has 0 radical (unpaired) electrons. The van der Waals surface area contributed by atoms with Crippen molar-refractivity contribution in [2.75, 3.05) is 13.2 Å². The van der Waals surface area contributed by atoms with Crippen molar-refractivity contribution in [3.8, 4) is 0 Å². The Morgan fingerprint density at radius 3 is 1.85 bits per heavy atom. The topological polar surface area (TPSA) is 102 Å². The summed E-state index contributed by atoms with van der Waals surface area (Å²) in [6, 6.07) is 0. The second-order valence-corrected chi connectivity index (χ2v) is 8.35. The monoisotopic (exact) mass is 373 g/mol. The minimum absolute atomic E-state index is 0.100. The fraction of sp³-hybridized carbons (Fsp3) is 0.833. The van der Waals surface area contributed by atoms with E-state index in [9.17, 15) is 19.5 Å². The molecule has 8 heteroatoms. The third-order valence-electron chi connectivity index (χ3n) is 3.73. The summed E-state index contributed by atoms with van der Waals surface area (Å²) < 4.78 is 15.8. The predicted molar refractivity (Wildman–Crippen MR) is 93.5 cm³/mol. The van der Waals surface area contributed by atoms with E-state index in [0.29, 0.717) is 0 Å². The number of hydrogen-bond donors (Lipinski definition) is 1. The van der Waals surface area contributed by atoms with E-state index in [4.69, 9.17) is 14.2 Å². The Balaban J connectivity index is 3.29. The number of amides is 2. The molecule has 0 aromatic carbocycles. The lowest BCUT2D eigenvalue weighted by atomic mass is 10.1. The molecular formula is C18H31NO7. The normalized spacial score (nSPS) is 22.4. The van der Waals surface area contributed by atoms with E-state index in [-0.39, 0.29) is 26.1 Å². The van der Waals surface area contributed by atoms with E-state index in [0.717, 1.165) is 4.90 Å². The maximum Gasteiger partial charge on any atom is 0.420 e. The first-order chi connectivity index (χ1) is 11.8. The minimum atomic E-state index is -1.51. The summed E-state index contributed by atoms with van der Waals surface area (Å²) in [5.74, 6) is -1.11. The van der Waals surface area contributed by atoms with Crippen molar-refractivity contribution in [3.05, 3.63) is 0 Å². The molecule has 0 aliphatic heterocycles. The summed E-state index contributed by atoms with van der Waals surface area (Å²) in [4.78, 5) is 38.9. The molecule has 0 aromatic heterocycles. The molecule has 2 atom stereocenters. The Morgan fingerprint density at radius 2 is 1.50 bits per heavy atom. The van der Waals surface area contributed by atoms with Crippen LogP contribution in [0.3, 0.4) is 0 Å². The maximum atomic E-state index is 12.8. The lowest BCUT2D eigenvalue weighted by molar-refractivity contribution is -0.151. The lowest BCUT2D eigenvalue weighted by Gasteiger charge is -2.33.